The minimum atomic E-state index is -0.157. The second-order valence-corrected chi connectivity index (χ2v) is 13.7. The smallest absolute Gasteiger partial charge is 0.412 e. The zero-order valence-electron chi connectivity index (χ0n) is 14.6. The van der Waals surface area contributed by atoms with Crippen LogP contribution in [0.15, 0.2) is 0 Å². The Bertz CT molecular complexity index is 251. The normalized spacial score (nSPS) is 11.3. The molecule has 0 heterocycles. The van der Waals surface area contributed by atoms with Crippen LogP contribution in [0.5, 0.6) is 0 Å². The lowest BCUT2D eigenvalue weighted by atomic mass is 10.1. The van der Waals surface area contributed by atoms with E-state index in [0.717, 1.165) is 6.04 Å². The first-order valence-electron chi connectivity index (χ1n) is 7.73. The molecule has 0 aromatic rings. The Morgan fingerprint density at radius 3 is 1.41 bits per heavy atom. The Morgan fingerprint density at radius 1 is 0.519 bits per heavy atom. The van der Waals surface area contributed by atoms with E-state index in [2.05, 4.69) is 21.5 Å². The molecule has 19 heteroatoms. The molecule has 0 saturated carbocycles. The van der Waals surface area contributed by atoms with Gasteiger partial charge in [-0.15, -0.1) is 0 Å². The Balaban J connectivity index is 2.95. The number of hydrogen-bond acceptors (Lipinski definition) is 9. The van der Waals surface area contributed by atoms with Gasteiger partial charge in [-0.25, -0.2) is 0 Å². The van der Waals surface area contributed by atoms with Gasteiger partial charge in [0.05, 0.1) is 0 Å². The predicted molar refractivity (Wildman–Crippen MR) is 105 cm³/mol. The van der Waals surface area contributed by atoms with Gasteiger partial charge in [-0.1, -0.05) is 45.4 Å². The van der Waals surface area contributed by atoms with Gasteiger partial charge in [0.1, 0.15) is 0 Å². The first-order valence-corrected chi connectivity index (χ1v) is 15.8. The van der Waals surface area contributed by atoms with Crippen LogP contribution in [0.25, 0.3) is 0 Å². The molecule has 0 atom stereocenters. The molecule has 0 bridgehead atoms. The molecule has 21 radical (unpaired) electrons. The van der Waals surface area contributed by atoms with Gasteiger partial charge >= 0.3 is 80.1 Å². The fraction of sp³-hybridized carbons (Fsp3) is 1.00. The summed E-state index contributed by atoms with van der Waals surface area (Å²) in [5.41, 5.74) is 0. The lowest BCUT2D eigenvalue weighted by Gasteiger charge is -2.03. The number of hydrogen-bond donors (Lipinski definition) is 0. The van der Waals surface area contributed by atoms with Crippen molar-refractivity contribution in [2.45, 2.75) is 51.5 Å². The lowest BCUT2D eigenvalue weighted by Crippen LogP contribution is -2.21. The molecule has 0 fully saturated rings. The van der Waals surface area contributed by atoms with Crippen molar-refractivity contribution in [3.8, 4) is 0 Å². The molecule has 0 aliphatic heterocycles. The van der Waals surface area contributed by atoms with E-state index < -0.39 is 0 Å². The van der Waals surface area contributed by atoms with E-state index in [0.29, 0.717) is 9.76 Å². The van der Waals surface area contributed by atoms with Crippen LogP contribution in [0.3, 0.4) is 0 Å². The maximum absolute atomic E-state index is 5.43. The van der Waals surface area contributed by atoms with Gasteiger partial charge in [-0.2, -0.15) is 0 Å². The monoisotopic (exact) mass is 537 g/mol. The van der Waals surface area contributed by atoms with Crippen LogP contribution in [0.2, 0.25) is 6.04 Å². The average molecular weight is 538 g/mol. The average Bonchev–Trinajstić information content (AvgIpc) is 2.68. The first kappa shape index (κ1) is 28.8. The Kier molecular flexibility index (Phi) is 29.7. The first-order chi connectivity index (χ1) is 13.4. The topological polar surface area (TPSA) is 83.1 Å². The molecule has 0 N–H and O–H groups in total. The second kappa shape index (κ2) is 27.8. The van der Waals surface area contributed by atoms with Crippen LogP contribution in [0, 0.1) is 0 Å². The Hall–Kier alpha value is 1.81. The largest absolute Gasteiger partial charge is 0.435 e. The van der Waals surface area contributed by atoms with E-state index in [4.69, 9.17) is 32.9 Å². The summed E-state index contributed by atoms with van der Waals surface area (Å²) in [6.07, 6.45) is 7.86. The molecule has 0 spiro atoms. The van der Waals surface area contributed by atoms with E-state index in [1.54, 1.807) is 0 Å². The highest BCUT2D eigenvalue weighted by atomic mass is 28.4. The van der Waals surface area contributed by atoms with E-state index in [-0.39, 0.29) is 80.1 Å². The minimum absolute atomic E-state index is 0.0242. The van der Waals surface area contributed by atoms with Gasteiger partial charge in [0.15, 0.2) is 0 Å². The summed E-state index contributed by atoms with van der Waals surface area (Å²) in [6, 6.07) is 1.11. The summed E-state index contributed by atoms with van der Waals surface area (Å²) in [5.74, 6) is 0. The third-order valence-corrected chi connectivity index (χ3v) is 8.84. The van der Waals surface area contributed by atoms with Crippen LogP contribution in [-0.2, 0) is 37.0 Å². The van der Waals surface area contributed by atoms with Crippen molar-refractivity contribution in [3.05, 3.63) is 0 Å². The molecule has 0 unspecified atom stereocenters. The van der Waals surface area contributed by atoms with E-state index in [1.807, 2.05) is 0 Å². The van der Waals surface area contributed by atoms with Crippen molar-refractivity contribution in [3.63, 3.8) is 0 Å². The summed E-state index contributed by atoms with van der Waals surface area (Å²) in [5, 5.41) is 0. The second-order valence-electron chi connectivity index (χ2n) is 4.25. The molecule has 27 heavy (non-hydrogen) atoms. The Labute approximate surface area is 188 Å². The molecule has 143 valence electrons. The third-order valence-electron chi connectivity index (χ3n) is 2.37. The van der Waals surface area contributed by atoms with E-state index in [9.17, 15) is 0 Å². The molecule has 0 aliphatic carbocycles. The highest BCUT2D eigenvalue weighted by Gasteiger charge is 2.04. The molecule has 0 aromatic heterocycles. The molecule has 9 nitrogen and oxygen atoms in total. The summed E-state index contributed by atoms with van der Waals surface area (Å²) in [4.78, 5) is 0. The van der Waals surface area contributed by atoms with Gasteiger partial charge < -0.3 is 37.0 Å². The quantitative estimate of drug-likeness (QED) is 0.112. The number of unbranched alkanes of at least 4 members (excludes halogenated alkanes) is 5. The zero-order chi connectivity index (χ0) is 19.7. The highest BCUT2D eigenvalue weighted by molar-refractivity contribution is 6.49. The molecule has 0 rings (SSSR count). The van der Waals surface area contributed by atoms with Crippen LogP contribution < -0.4 is 0 Å². The minimum Gasteiger partial charge on any atom is -0.435 e. The van der Waals surface area contributed by atoms with Crippen LogP contribution >= 0.6 is 0 Å². The summed E-state index contributed by atoms with van der Waals surface area (Å²) >= 11 is 0. The SMILES string of the molecule is CCCCCCCC[Si]O[Si]O[Si]O[Si]O[Si]O[Si]O[Si]O[Si]O[Si]O[Si]. The molecule has 0 amide bonds. The summed E-state index contributed by atoms with van der Waals surface area (Å²) in [7, 11) is 2.42. The van der Waals surface area contributed by atoms with Gasteiger partial charge in [-0.3, -0.25) is 0 Å². The van der Waals surface area contributed by atoms with Gasteiger partial charge in [-0.05, 0) is 6.04 Å². The molecule has 0 aromatic carbocycles. The fourth-order valence-electron chi connectivity index (χ4n) is 1.34. The van der Waals surface area contributed by atoms with Crippen molar-refractivity contribution in [2.75, 3.05) is 0 Å². The predicted octanol–water partition coefficient (Wildman–Crippen LogP) is -1.11. The third kappa shape index (κ3) is 27.8. The van der Waals surface area contributed by atoms with Crippen LogP contribution in [-0.4, -0.2) is 100 Å². The van der Waals surface area contributed by atoms with Gasteiger partial charge in [0.2, 0.25) is 20.2 Å². The van der Waals surface area contributed by atoms with Crippen molar-refractivity contribution >= 4 is 100 Å². The van der Waals surface area contributed by atoms with Crippen molar-refractivity contribution < 1.29 is 37.0 Å². The molecular weight excluding hydrogens is 521 g/mol. The van der Waals surface area contributed by atoms with Crippen LogP contribution in [0.1, 0.15) is 45.4 Å². The lowest BCUT2D eigenvalue weighted by molar-refractivity contribution is 0.364. The van der Waals surface area contributed by atoms with E-state index in [1.165, 1.54) is 38.5 Å². The maximum atomic E-state index is 5.43. The van der Waals surface area contributed by atoms with Crippen molar-refractivity contribution in [1.29, 1.82) is 0 Å². The summed E-state index contributed by atoms with van der Waals surface area (Å²) in [6.45, 7) is 2.23. The fourth-order valence-corrected chi connectivity index (χ4v) is 7.67. The summed E-state index contributed by atoms with van der Waals surface area (Å²) < 4.78 is 45.6. The van der Waals surface area contributed by atoms with E-state index >= 15 is 0 Å². The Morgan fingerprint density at radius 2 is 0.926 bits per heavy atom. The molecular formula is C8H17O9Si10. The molecule has 0 aliphatic rings. The highest BCUT2D eigenvalue weighted by Crippen LogP contribution is 2.06. The van der Waals surface area contributed by atoms with Crippen LogP contribution in [0.4, 0.5) is 0 Å². The zero-order valence-corrected chi connectivity index (χ0v) is 24.6. The maximum Gasteiger partial charge on any atom is 0.412 e. The van der Waals surface area contributed by atoms with Gasteiger partial charge in [0, 0.05) is 0 Å². The number of rotatable bonds is 24. The standard InChI is InChI=1S/C8H17O9Si10/c1-2-3-4-5-6-7-8-19-10-21-12-23-14-25-16-27-17-26-15-24-13-22-11-20-9-18/h2-8H2,1H3. The molecule has 0 saturated heterocycles. The van der Waals surface area contributed by atoms with Crippen molar-refractivity contribution in [1.82, 2.24) is 0 Å². The van der Waals surface area contributed by atoms with Gasteiger partial charge in [0.25, 0.3) is 0 Å². The van der Waals surface area contributed by atoms with Crippen molar-refractivity contribution in [2.24, 2.45) is 0 Å².